The summed E-state index contributed by atoms with van der Waals surface area (Å²) in [5, 5.41) is 15.2. The number of hydrogen-bond donors (Lipinski definition) is 2. The van der Waals surface area contributed by atoms with Crippen molar-refractivity contribution in [1.29, 1.82) is 0 Å². The lowest BCUT2D eigenvalue weighted by Gasteiger charge is -2.31. The third kappa shape index (κ3) is 5.87. The molecule has 0 spiro atoms. The molecule has 2 heterocycles. The molecule has 1 saturated heterocycles. The van der Waals surface area contributed by atoms with Crippen molar-refractivity contribution in [3.05, 3.63) is 64.1 Å². The van der Waals surface area contributed by atoms with Gasteiger partial charge >= 0.3 is 6.03 Å². The molecule has 1 aromatic heterocycles. The van der Waals surface area contributed by atoms with Crippen molar-refractivity contribution >= 4 is 34.6 Å². The van der Waals surface area contributed by atoms with Gasteiger partial charge in [-0.15, -0.1) is 10.2 Å². The molecule has 0 aliphatic carbocycles. The molecule has 2 N–H and O–H groups in total. The Balaban J connectivity index is 1.35. The Morgan fingerprint density at radius 3 is 2.48 bits per heavy atom. The highest BCUT2D eigenvalue weighted by Crippen LogP contribution is 2.30. The second kappa shape index (κ2) is 10.4. The SMILES string of the molecule is CCOc1ccc(NC(=O)N2CCCC(c3nnc(C(=O)Nc4ccc(C)cc4)s3)C2)cc1. The van der Waals surface area contributed by atoms with Crippen LogP contribution in [0.2, 0.25) is 0 Å². The first-order valence-electron chi connectivity index (χ1n) is 11.0. The van der Waals surface area contributed by atoms with Crippen LogP contribution in [0.4, 0.5) is 16.2 Å². The molecule has 8 nitrogen and oxygen atoms in total. The summed E-state index contributed by atoms with van der Waals surface area (Å²) >= 11 is 1.29. The number of urea groups is 1. The lowest BCUT2D eigenvalue weighted by molar-refractivity contribution is 0.102. The molecule has 3 aromatic rings. The number of carbonyl (C=O) groups excluding carboxylic acids is 2. The second-order valence-corrected chi connectivity index (χ2v) is 8.95. The van der Waals surface area contributed by atoms with Gasteiger partial charge < -0.3 is 20.3 Å². The Morgan fingerprint density at radius 1 is 1.06 bits per heavy atom. The van der Waals surface area contributed by atoms with Gasteiger partial charge in [0.1, 0.15) is 10.8 Å². The van der Waals surface area contributed by atoms with Gasteiger partial charge in [-0.3, -0.25) is 4.79 Å². The smallest absolute Gasteiger partial charge is 0.321 e. The number of carbonyl (C=O) groups is 2. The van der Waals surface area contributed by atoms with Crippen molar-refractivity contribution in [3.63, 3.8) is 0 Å². The first-order chi connectivity index (χ1) is 16.0. The lowest BCUT2D eigenvalue weighted by Crippen LogP contribution is -2.41. The molecule has 4 rings (SSSR count). The maximum absolute atomic E-state index is 12.8. The van der Waals surface area contributed by atoms with Crippen LogP contribution in [0, 0.1) is 6.92 Å². The zero-order chi connectivity index (χ0) is 23.2. The summed E-state index contributed by atoms with van der Waals surface area (Å²) < 4.78 is 5.44. The molecule has 2 aromatic carbocycles. The minimum absolute atomic E-state index is 0.0586. The van der Waals surface area contributed by atoms with Gasteiger partial charge in [0.05, 0.1) is 6.61 Å². The average Bonchev–Trinajstić information content (AvgIpc) is 3.33. The summed E-state index contributed by atoms with van der Waals surface area (Å²) in [6.07, 6.45) is 1.77. The topological polar surface area (TPSA) is 96.4 Å². The number of likely N-dealkylation sites (tertiary alicyclic amines) is 1. The van der Waals surface area contributed by atoms with Crippen LogP contribution in [-0.4, -0.2) is 46.7 Å². The van der Waals surface area contributed by atoms with Crippen LogP contribution in [0.3, 0.4) is 0 Å². The number of anilines is 2. The first kappa shape index (κ1) is 22.7. The predicted octanol–water partition coefficient (Wildman–Crippen LogP) is 4.91. The molecule has 172 valence electrons. The molecule has 0 saturated carbocycles. The number of piperidine rings is 1. The van der Waals surface area contributed by atoms with E-state index >= 15 is 0 Å². The molecular weight excluding hydrogens is 438 g/mol. The number of aromatic nitrogens is 2. The van der Waals surface area contributed by atoms with Crippen LogP contribution in [0.15, 0.2) is 48.5 Å². The van der Waals surface area contributed by atoms with E-state index in [0.717, 1.165) is 40.5 Å². The number of hydrogen-bond acceptors (Lipinski definition) is 6. The van der Waals surface area contributed by atoms with Gasteiger partial charge in [0.25, 0.3) is 5.91 Å². The fraction of sp³-hybridized carbons (Fsp3) is 0.333. The maximum Gasteiger partial charge on any atom is 0.321 e. The van der Waals surface area contributed by atoms with Crippen LogP contribution >= 0.6 is 11.3 Å². The summed E-state index contributed by atoms with van der Waals surface area (Å²) in [7, 11) is 0. The van der Waals surface area contributed by atoms with Gasteiger partial charge in [-0.05, 0) is 63.1 Å². The highest BCUT2D eigenvalue weighted by atomic mass is 32.1. The van der Waals surface area contributed by atoms with Crippen LogP contribution in [-0.2, 0) is 0 Å². The summed E-state index contributed by atoms with van der Waals surface area (Å²) in [4.78, 5) is 27.1. The van der Waals surface area contributed by atoms with Crippen molar-refractivity contribution in [2.75, 3.05) is 30.3 Å². The molecule has 0 bridgehead atoms. The third-order valence-corrected chi connectivity index (χ3v) is 6.50. The van der Waals surface area contributed by atoms with E-state index < -0.39 is 0 Å². The molecule has 1 atom stereocenters. The van der Waals surface area contributed by atoms with Crippen LogP contribution < -0.4 is 15.4 Å². The van der Waals surface area contributed by atoms with Gasteiger partial charge in [-0.2, -0.15) is 0 Å². The number of benzene rings is 2. The summed E-state index contributed by atoms with van der Waals surface area (Å²) in [5.74, 6) is 0.554. The Hall–Kier alpha value is -3.46. The number of amides is 3. The molecule has 0 radical (unpaired) electrons. The molecule has 33 heavy (non-hydrogen) atoms. The number of nitrogens with zero attached hydrogens (tertiary/aromatic N) is 3. The number of rotatable bonds is 6. The number of ether oxygens (including phenoxy) is 1. The van der Waals surface area contributed by atoms with E-state index in [1.54, 1.807) is 4.90 Å². The molecule has 9 heteroatoms. The predicted molar refractivity (Wildman–Crippen MR) is 129 cm³/mol. The number of aryl methyl sites for hydroxylation is 1. The third-order valence-electron chi connectivity index (χ3n) is 5.42. The molecule has 1 unspecified atom stereocenters. The number of nitrogens with one attached hydrogen (secondary N) is 2. The van der Waals surface area contributed by atoms with Crippen molar-refractivity contribution in [2.24, 2.45) is 0 Å². The van der Waals surface area contributed by atoms with Crippen LogP contribution in [0.5, 0.6) is 5.75 Å². The average molecular weight is 466 g/mol. The maximum atomic E-state index is 12.8. The summed E-state index contributed by atoms with van der Waals surface area (Å²) in [6.45, 7) is 5.74. The van der Waals surface area contributed by atoms with Gasteiger partial charge in [0.15, 0.2) is 0 Å². The fourth-order valence-corrected chi connectivity index (χ4v) is 4.54. The van der Waals surface area contributed by atoms with Crippen molar-refractivity contribution in [1.82, 2.24) is 15.1 Å². The fourth-order valence-electron chi connectivity index (χ4n) is 3.68. The van der Waals surface area contributed by atoms with Gasteiger partial charge in [0, 0.05) is 30.4 Å². The van der Waals surface area contributed by atoms with E-state index in [1.807, 2.05) is 62.4 Å². The molecule has 1 aliphatic rings. The Bertz CT molecular complexity index is 1100. The van der Waals surface area contributed by atoms with Crippen molar-refractivity contribution in [2.45, 2.75) is 32.6 Å². The Morgan fingerprint density at radius 2 is 1.76 bits per heavy atom. The minimum atomic E-state index is -0.275. The Kier molecular flexibility index (Phi) is 7.19. The molecule has 1 fully saturated rings. The van der Waals surface area contributed by atoms with E-state index in [1.165, 1.54) is 11.3 Å². The minimum Gasteiger partial charge on any atom is -0.494 e. The molecular formula is C24H27N5O3S. The van der Waals surface area contributed by atoms with Gasteiger partial charge in [-0.25, -0.2) is 4.79 Å². The second-order valence-electron chi connectivity index (χ2n) is 7.94. The zero-order valence-corrected chi connectivity index (χ0v) is 19.5. The van der Waals surface area contributed by atoms with E-state index in [0.29, 0.717) is 24.7 Å². The molecule has 1 aliphatic heterocycles. The monoisotopic (exact) mass is 465 g/mol. The van der Waals surface area contributed by atoms with Gasteiger partial charge in [-0.1, -0.05) is 29.0 Å². The highest BCUT2D eigenvalue weighted by molar-refractivity contribution is 7.13. The summed E-state index contributed by atoms with van der Waals surface area (Å²) in [6, 6.07) is 14.8. The standard InChI is InChI=1S/C24H27N5O3S/c1-3-32-20-12-10-19(11-13-20)26-24(31)29-14-4-5-17(15-29)22-27-28-23(33-22)21(30)25-18-8-6-16(2)7-9-18/h6-13,17H,3-5,14-15H2,1-2H3,(H,25,30)(H,26,31). The highest BCUT2D eigenvalue weighted by Gasteiger charge is 2.28. The quantitative estimate of drug-likeness (QED) is 0.539. The molecule has 3 amide bonds. The summed E-state index contributed by atoms with van der Waals surface area (Å²) in [5.41, 5.74) is 2.56. The normalized spacial score (nSPS) is 15.7. The van der Waals surface area contributed by atoms with Crippen molar-refractivity contribution in [3.8, 4) is 5.75 Å². The van der Waals surface area contributed by atoms with E-state index in [2.05, 4.69) is 20.8 Å². The van der Waals surface area contributed by atoms with E-state index in [9.17, 15) is 9.59 Å². The van der Waals surface area contributed by atoms with Crippen LogP contribution in [0.1, 0.15) is 46.1 Å². The lowest BCUT2D eigenvalue weighted by atomic mass is 9.99. The van der Waals surface area contributed by atoms with Crippen LogP contribution in [0.25, 0.3) is 0 Å². The first-order valence-corrected chi connectivity index (χ1v) is 11.8. The largest absolute Gasteiger partial charge is 0.494 e. The van der Waals surface area contributed by atoms with E-state index in [-0.39, 0.29) is 17.9 Å². The van der Waals surface area contributed by atoms with E-state index in [4.69, 9.17) is 4.74 Å². The van der Waals surface area contributed by atoms with Crippen molar-refractivity contribution < 1.29 is 14.3 Å². The zero-order valence-electron chi connectivity index (χ0n) is 18.7. The Labute approximate surface area is 197 Å². The van der Waals surface area contributed by atoms with Gasteiger partial charge in [0.2, 0.25) is 5.01 Å².